The molecule has 0 aromatic heterocycles. The lowest BCUT2D eigenvalue weighted by Gasteiger charge is -2.23. The fourth-order valence-electron chi connectivity index (χ4n) is 2.28. The van der Waals surface area contributed by atoms with Crippen LogP contribution in [0.2, 0.25) is 0 Å². The largest absolute Gasteiger partial charge is 0.409 e. The van der Waals surface area contributed by atoms with Gasteiger partial charge in [0.15, 0.2) is 5.84 Å². The summed E-state index contributed by atoms with van der Waals surface area (Å²) in [4.78, 5) is 14.1. The first-order valence-electron chi connectivity index (χ1n) is 6.09. The van der Waals surface area contributed by atoms with E-state index in [0.29, 0.717) is 12.1 Å². The fraction of sp³-hybridized carbons (Fsp3) is 0.385. The van der Waals surface area contributed by atoms with Crippen LogP contribution in [0.5, 0.6) is 0 Å². The molecule has 2 rings (SSSR count). The number of benzene rings is 1. The summed E-state index contributed by atoms with van der Waals surface area (Å²) in [7, 11) is 0. The number of hydrogen-bond acceptors (Lipinski definition) is 3. The van der Waals surface area contributed by atoms with Crippen molar-refractivity contribution in [2.75, 3.05) is 6.54 Å². The van der Waals surface area contributed by atoms with E-state index in [0.717, 1.165) is 22.9 Å². The van der Waals surface area contributed by atoms with Crippen LogP contribution < -0.4 is 5.73 Å². The highest BCUT2D eigenvalue weighted by molar-refractivity contribution is 9.10. The fourth-order valence-corrected chi connectivity index (χ4v) is 2.65. The Morgan fingerprint density at radius 1 is 1.58 bits per heavy atom. The summed E-state index contributed by atoms with van der Waals surface area (Å²) in [5, 5.41) is 11.8. The number of oxime groups is 1. The molecular weight excluding hydrogens is 310 g/mol. The highest BCUT2D eigenvalue weighted by atomic mass is 79.9. The lowest BCUT2D eigenvalue weighted by Crippen LogP contribution is -2.43. The zero-order valence-corrected chi connectivity index (χ0v) is 12.2. The van der Waals surface area contributed by atoms with E-state index in [-0.39, 0.29) is 17.8 Å². The second kappa shape index (κ2) is 5.61. The lowest BCUT2D eigenvalue weighted by molar-refractivity contribution is 0.0768. The molecule has 0 radical (unpaired) electrons. The second-order valence-electron chi connectivity index (χ2n) is 4.65. The van der Waals surface area contributed by atoms with Gasteiger partial charge in [0.1, 0.15) is 0 Å². The maximum atomic E-state index is 12.5. The molecule has 0 bridgehead atoms. The SMILES string of the molecule is Cc1ccc(C(=O)N2CCCC2/C(N)=N/O)cc1Br. The van der Waals surface area contributed by atoms with Gasteiger partial charge >= 0.3 is 0 Å². The molecule has 6 heteroatoms. The second-order valence-corrected chi connectivity index (χ2v) is 5.50. The number of nitrogens with two attached hydrogens (primary N) is 1. The minimum Gasteiger partial charge on any atom is -0.409 e. The van der Waals surface area contributed by atoms with Crippen LogP contribution in [-0.4, -0.2) is 34.4 Å². The van der Waals surface area contributed by atoms with Gasteiger partial charge in [0.25, 0.3) is 5.91 Å². The molecule has 1 aromatic carbocycles. The van der Waals surface area contributed by atoms with Crippen molar-refractivity contribution in [3.63, 3.8) is 0 Å². The Kier molecular flexibility index (Phi) is 4.09. The van der Waals surface area contributed by atoms with Crippen molar-refractivity contribution >= 4 is 27.7 Å². The van der Waals surface area contributed by atoms with Crippen LogP contribution in [0.25, 0.3) is 0 Å². The summed E-state index contributed by atoms with van der Waals surface area (Å²) in [5.41, 5.74) is 7.32. The Hall–Kier alpha value is -1.56. The topological polar surface area (TPSA) is 78.9 Å². The summed E-state index contributed by atoms with van der Waals surface area (Å²) in [6.07, 6.45) is 1.59. The van der Waals surface area contributed by atoms with Crippen molar-refractivity contribution < 1.29 is 10.0 Å². The molecule has 5 nitrogen and oxygen atoms in total. The van der Waals surface area contributed by atoms with Gasteiger partial charge in [-0.25, -0.2) is 0 Å². The first-order chi connectivity index (χ1) is 9.04. The number of carbonyl (C=O) groups is 1. The molecule has 1 fully saturated rings. The number of halogens is 1. The monoisotopic (exact) mass is 325 g/mol. The van der Waals surface area contributed by atoms with Crippen molar-refractivity contribution in [1.29, 1.82) is 0 Å². The summed E-state index contributed by atoms with van der Waals surface area (Å²) < 4.78 is 0.901. The Morgan fingerprint density at radius 3 is 2.95 bits per heavy atom. The predicted octanol–water partition coefficient (Wildman–Crippen LogP) is 2.11. The molecule has 1 unspecified atom stereocenters. The van der Waals surface area contributed by atoms with E-state index < -0.39 is 0 Å². The van der Waals surface area contributed by atoms with Gasteiger partial charge in [-0.2, -0.15) is 0 Å². The molecule has 1 aliphatic heterocycles. The van der Waals surface area contributed by atoms with E-state index in [1.165, 1.54) is 0 Å². The van der Waals surface area contributed by atoms with Crippen molar-refractivity contribution in [2.45, 2.75) is 25.8 Å². The average molecular weight is 326 g/mol. The molecule has 1 aromatic rings. The molecule has 1 atom stereocenters. The third-order valence-corrected chi connectivity index (χ3v) is 4.24. The van der Waals surface area contributed by atoms with Crippen LogP contribution in [0.4, 0.5) is 0 Å². The molecule has 3 N–H and O–H groups in total. The van der Waals surface area contributed by atoms with Crippen molar-refractivity contribution in [3.05, 3.63) is 33.8 Å². The van der Waals surface area contributed by atoms with Gasteiger partial charge in [-0.1, -0.05) is 27.2 Å². The maximum Gasteiger partial charge on any atom is 0.254 e. The molecule has 1 heterocycles. The van der Waals surface area contributed by atoms with Crippen LogP contribution in [0.1, 0.15) is 28.8 Å². The van der Waals surface area contributed by atoms with Crippen LogP contribution in [0.15, 0.2) is 27.8 Å². The first kappa shape index (κ1) is 13.9. The summed E-state index contributed by atoms with van der Waals surface area (Å²) in [6, 6.07) is 5.19. The number of amides is 1. The molecule has 0 aliphatic carbocycles. The van der Waals surface area contributed by atoms with Crippen molar-refractivity contribution in [2.24, 2.45) is 10.9 Å². The van der Waals surface area contributed by atoms with E-state index in [1.54, 1.807) is 17.0 Å². The van der Waals surface area contributed by atoms with Crippen LogP contribution in [-0.2, 0) is 0 Å². The van der Waals surface area contributed by atoms with Crippen LogP contribution >= 0.6 is 15.9 Å². The molecule has 102 valence electrons. The number of carbonyl (C=O) groups excluding carboxylic acids is 1. The van der Waals surface area contributed by atoms with E-state index in [4.69, 9.17) is 10.9 Å². The van der Waals surface area contributed by atoms with Gasteiger partial charge in [0, 0.05) is 16.6 Å². The third-order valence-electron chi connectivity index (χ3n) is 3.39. The van der Waals surface area contributed by atoms with Gasteiger partial charge in [-0.15, -0.1) is 0 Å². The quantitative estimate of drug-likeness (QED) is 0.378. The molecule has 1 amide bonds. The van der Waals surface area contributed by atoms with Gasteiger partial charge in [0.2, 0.25) is 0 Å². The van der Waals surface area contributed by atoms with Gasteiger partial charge in [-0.3, -0.25) is 4.79 Å². The molecule has 1 saturated heterocycles. The zero-order valence-electron chi connectivity index (χ0n) is 10.6. The number of aryl methyl sites for hydroxylation is 1. The summed E-state index contributed by atoms with van der Waals surface area (Å²) >= 11 is 3.42. The Morgan fingerprint density at radius 2 is 2.32 bits per heavy atom. The van der Waals surface area contributed by atoms with Crippen molar-refractivity contribution in [1.82, 2.24) is 4.90 Å². The summed E-state index contributed by atoms with van der Waals surface area (Å²) in [6.45, 7) is 2.60. The smallest absolute Gasteiger partial charge is 0.254 e. The Balaban J connectivity index is 2.25. The first-order valence-corrected chi connectivity index (χ1v) is 6.88. The van der Waals surface area contributed by atoms with Crippen LogP contribution in [0.3, 0.4) is 0 Å². The van der Waals surface area contributed by atoms with Gasteiger partial charge < -0.3 is 15.8 Å². The third kappa shape index (κ3) is 2.73. The standard InChI is InChI=1S/C13H16BrN3O2/c1-8-4-5-9(7-10(8)14)13(18)17-6-2-3-11(17)12(15)16-19/h4-5,7,11,19H,2-3,6H2,1H3,(H2,15,16). The molecular formula is C13H16BrN3O2. The summed E-state index contributed by atoms with van der Waals surface area (Å²) in [5.74, 6) is 0.00632. The lowest BCUT2D eigenvalue weighted by atomic mass is 10.1. The maximum absolute atomic E-state index is 12.5. The number of rotatable bonds is 2. The van der Waals surface area contributed by atoms with E-state index >= 15 is 0 Å². The Labute approximate surface area is 120 Å². The molecule has 0 saturated carbocycles. The zero-order chi connectivity index (χ0) is 14.0. The molecule has 19 heavy (non-hydrogen) atoms. The van der Waals surface area contributed by atoms with Crippen molar-refractivity contribution in [3.8, 4) is 0 Å². The predicted molar refractivity (Wildman–Crippen MR) is 76.3 cm³/mol. The minimum absolute atomic E-state index is 0.0881. The highest BCUT2D eigenvalue weighted by Crippen LogP contribution is 2.23. The number of hydrogen-bond donors (Lipinski definition) is 2. The van der Waals surface area contributed by atoms with E-state index in [2.05, 4.69) is 21.1 Å². The Bertz CT molecular complexity index is 531. The van der Waals surface area contributed by atoms with E-state index in [1.807, 2.05) is 13.0 Å². The van der Waals surface area contributed by atoms with Gasteiger partial charge in [0.05, 0.1) is 6.04 Å². The molecule has 1 aliphatic rings. The normalized spacial score (nSPS) is 19.8. The average Bonchev–Trinajstić information content (AvgIpc) is 2.89. The van der Waals surface area contributed by atoms with Crippen LogP contribution in [0, 0.1) is 6.92 Å². The number of nitrogens with zero attached hydrogens (tertiary/aromatic N) is 2. The highest BCUT2D eigenvalue weighted by Gasteiger charge is 2.32. The number of likely N-dealkylation sites (tertiary alicyclic amines) is 1. The number of amidine groups is 1. The van der Waals surface area contributed by atoms with Gasteiger partial charge in [-0.05, 0) is 37.5 Å². The molecule has 0 spiro atoms. The minimum atomic E-state index is -0.308. The van der Waals surface area contributed by atoms with E-state index in [9.17, 15) is 4.79 Å².